The molecule has 0 heterocycles. The van der Waals surface area contributed by atoms with Crippen LogP contribution >= 0.6 is 31.9 Å². The molecule has 5 nitrogen and oxygen atoms in total. The lowest BCUT2D eigenvalue weighted by atomic mass is 10.1. The number of anilines is 1. The van der Waals surface area contributed by atoms with Crippen LogP contribution in [-0.4, -0.2) is 35.5 Å². The number of carbonyl (C=O) groups is 2. The topological polar surface area (TPSA) is 69.6 Å². The molecule has 0 unspecified atom stereocenters. The highest BCUT2D eigenvalue weighted by Crippen LogP contribution is 2.31. The van der Waals surface area contributed by atoms with Crippen LogP contribution in [0, 0.1) is 0 Å². The molecule has 1 aromatic rings. The molecule has 0 radical (unpaired) electrons. The molecule has 1 rings (SSSR count). The molecule has 0 aromatic heterocycles. The number of aliphatic carboxylic acids is 1. The van der Waals surface area contributed by atoms with Crippen molar-refractivity contribution in [3.8, 4) is 0 Å². The molecule has 7 heteroatoms. The smallest absolute Gasteiger partial charge is 0.317 e. The fraction of sp³-hybridized carbons (Fsp3) is 0.333. The fourth-order valence-corrected chi connectivity index (χ4v) is 3.06. The van der Waals surface area contributed by atoms with Crippen LogP contribution in [0.2, 0.25) is 0 Å². The van der Waals surface area contributed by atoms with Crippen molar-refractivity contribution in [2.45, 2.75) is 13.5 Å². The van der Waals surface area contributed by atoms with Crippen LogP contribution in [0.4, 0.5) is 5.69 Å². The molecule has 0 aliphatic carbocycles. The van der Waals surface area contributed by atoms with Crippen molar-refractivity contribution in [3.05, 3.63) is 26.6 Å². The van der Waals surface area contributed by atoms with E-state index in [2.05, 4.69) is 37.2 Å². The Morgan fingerprint density at radius 1 is 1.37 bits per heavy atom. The fourth-order valence-electron chi connectivity index (χ4n) is 1.65. The van der Waals surface area contributed by atoms with Crippen molar-refractivity contribution in [2.75, 3.05) is 18.9 Å². The van der Waals surface area contributed by atoms with Gasteiger partial charge in [0.15, 0.2) is 0 Å². The van der Waals surface area contributed by atoms with E-state index in [4.69, 9.17) is 5.11 Å². The SMILES string of the molecule is CC(=O)Nc1c(Br)cc(Br)cc1CN(C)CC(=O)O. The number of nitrogens with one attached hydrogen (secondary N) is 1. The zero-order valence-electron chi connectivity index (χ0n) is 10.5. The molecule has 1 amide bonds. The van der Waals surface area contributed by atoms with E-state index in [9.17, 15) is 9.59 Å². The molecule has 2 N–H and O–H groups in total. The van der Waals surface area contributed by atoms with E-state index < -0.39 is 5.97 Å². The Bertz CT molecular complexity index is 506. The van der Waals surface area contributed by atoms with Crippen molar-refractivity contribution in [1.29, 1.82) is 0 Å². The number of carbonyl (C=O) groups excluding carboxylic acids is 1. The summed E-state index contributed by atoms with van der Waals surface area (Å²) in [6, 6.07) is 3.68. The highest BCUT2D eigenvalue weighted by atomic mass is 79.9. The van der Waals surface area contributed by atoms with Crippen molar-refractivity contribution >= 4 is 49.4 Å². The van der Waals surface area contributed by atoms with E-state index >= 15 is 0 Å². The molecule has 0 aliphatic rings. The van der Waals surface area contributed by atoms with Gasteiger partial charge in [0.05, 0.1) is 12.2 Å². The van der Waals surface area contributed by atoms with E-state index in [1.54, 1.807) is 11.9 Å². The van der Waals surface area contributed by atoms with E-state index in [1.165, 1.54) is 6.92 Å². The van der Waals surface area contributed by atoms with Crippen molar-refractivity contribution in [2.24, 2.45) is 0 Å². The first-order chi connectivity index (χ1) is 8.79. The van der Waals surface area contributed by atoms with Crippen LogP contribution in [0.5, 0.6) is 0 Å². The number of benzene rings is 1. The third-order valence-electron chi connectivity index (χ3n) is 2.28. The minimum absolute atomic E-state index is 0.0658. The first kappa shape index (κ1) is 16.1. The minimum Gasteiger partial charge on any atom is -0.480 e. The van der Waals surface area contributed by atoms with Gasteiger partial charge < -0.3 is 10.4 Å². The second-order valence-corrected chi connectivity index (χ2v) is 5.94. The number of amides is 1. The summed E-state index contributed by atoms with van der Waals surface area (Å²) >= 11 is 6.76. The summed E-state index contributed by atoms with van der Waals surface area (Å²) in [7, 11) is 1.71. The minimum atomic E-state index is -0.891. The number of likely N-dealkylation sites (N-methyl/N-ethyl adjacent to an activating group) is 1. The van der Waals surface area contributed by atoms with Crippen LogP contribution < -0.4 is 5.32 Å². The summed E-state index contributed by atoms with van der Waals surface area (Å²) in [5.74, 6) is -1.07. The molecule has 104 valence electrons. The number of carboxylic acid groups (broad SMARTS) is 1. The standard InChI is InChI=1S/C12H14Br2N2O3/c1-7(17)15-12-8(3-9(13)4-10(12)14)5-16(2)6-11(18)19/h3-4H,5-6H2,1-2H3,(H,15,17)(H,18,19). The Labute approximate surface area is 128 Å². The summed E-state index contributed by atoms with van der Waals surface area (Å²) in [5.41, 5.74) is 1.49. The molecule has 0 atom stereocenters. The molecule has 0 spiro atoms. The van der Waals surface area contributed by atoms with Crippen molar-refractivity contribution in [3.63, 3.8) is 0 Å². The van der Waals surface area contributed by atoms with E-state index in [1.807, 2.05) is 12.1 Å². The van der Waals surface area contributed by atoms with E-state index in [-0.39, 0.29) is 12.5 Å². The number of hydrogen-bond acceptors (Lipinski definition) is 3. The summed E-state index contributed by atoms with van der Waals surface area (Å²) < 4.78 is 1.60. The average molecular weight is 394 g/mol. The van der Waals surface area contributed by atoms with Crippen LogP contribution in [0.1, 0.15) is 12.5 Å². The Hall–Kier alpha value is -0.920. The first-order valence-corrected chi connectivity index (χ1v) is 7.04. The van der Waals surface area contributed by atoms with Gasteiger partial charge in [-0.15, -0.1) is 0 Å². The quantitative estimate of drug-likeness (QED) is 0.806. The molecule has 0 bridgehead atoms. The predicted octanol–water partition coefficient (Wildman–Crippen LogP) is 2.69. The normalized spacial score (nSPS) is 10.6. The second kappa shape index (κ2) is 7.02. The lowest BCUT2D eigenvalue weighted by Gasteiger charge is -2.18. The molecule has 0 fully saturated rings. The highest BCUT2D eigenvalue weighted by molar-refractivity contribution is 9.11. The number of halogens is 2. The van der Waals surface area contributed by atoms with Gasteiger partial charge in [0.25, 0.3) is 0 Å². The maximum atomic E-state index is 11.2. The molecular weight excluding hydrogens is 380 g/mol. The van der Waals surface area contributed by atoms with Crippen LogP contribution in [0.3, 0.4) is 0 Å². The van der Waals surface area contributed by atoms with Gasteiger partial charge >= 0.3 is 5.97 Å². The summed E-state index contributed by atoms with van der Waals surface area (Å²) in [4.78, 5) is 23.5. The van der Waals surface area contributed by atoms with Gasteiger partial charge in [-0.05, 0) is 40.7 Å². The maximum Gasteiger partial charge on any atom is 0.317 e. The van der Waals surface area contributed by atoms with Crippen molar-refractivity contribution < 1.29 is 14.7 Å². The van der Waals surface area contributed by atoms with Crippen LogP contribution in [0.25, 0.3) is 0 Å². The zero-order valence-corrected chi connectivity index (χ0v) is 13.7. The first-order valence-electron chi connectivity index (χ1n) is 5.45. The lowest BCUT2D eigenvalue weighted by Crippen LogP contribution is -2.25. The van der Waals surface area contributed by atoms with E-state index in [0.29, 0.717) is 12.2 Å². The third kappa shape index (κ3) is 5.30. The van der Waals surface area contributed by atoms with Gasteiger partial charge in [0.2, 0.25) is 5.91 Å². The Kier molecular flexibility index (Phi) is 5.96. The van der Waals surface area contributed by atoms with Gasteiger partial charge in [-0.2, -0.15) is 0 Å². The maximum absolute atomic E-state index is 11.2. The monoisotopic (exact) mass is 392 g/mol. The van der Waals surface area contributed by atoms with Gasteiger partial charge in [-0.1, -0.05) is 15.9 Å². The predicted molar refractivity (Wildman–Crippen MR) is 80.1 cm³/mol. The number of rotatable bonds is 5. The number of nitrogens with zero attached hydrogens (tertiary/aromatic N) is 1. The Balaban J connectivity index is 3.03. The number of carboxylic acids is 1. The van der Waals surface area contributed by atoms with Crippen molar-refractivity contribution in [1.82, 2.24) is 4.90 Å². The van der Waals surface area contributed by atoms with Gasteiger partial charge in [0.1, 0.15) is 0 Å². The summed E-state index contributed by atoms with van der Waals surface area (Å²) in [6.45, 7) is 1.78. The molecule has 19 heavy (non-hydrogen) atoms. The summed E-state index contributed by atoms with van der Waals surface area (Å²) in [6.07, 6.45) is 0. The molecule has 1 aromatic carbocycles. The molecule has 0 saturated heterocycles. The lowest BCUT2D eigenvalue weighted by molar-refractivity contribution is -0.138. The average Bonchev–Trinajstić information content (AvgIpc) is 2.21. The molecule has 0 saturated carbocycles. The largest absolute Gasteiger partial charge is 0.480 e. The summed E-state index contributed by atoms with van der Waals surface area (Å²) in [5, 5.41) is 11.5. The zero-order chi connectivity index (χ0) is 14.6. The Morgan fingerprint density at radius 3 is 2.53 bits per heavy atom. The van der Waals surface area contributed by atoms with Crippen LogP contribution in [-0.2, 0) is 16.1 Å². The third-order valence-corrected chi connectivity index (χ3v) is 3.37. The van der Waals surface area contributed by atoms with Crippen LogP contribution in [0.15, 0.2) is 21.1 Å². The van der Waals surface area contributed by atoms with E-state index in [0.717, 1.165) is 14.5 Å². The number of hydrogen-bond donors (Lipinski definition) is 2. The molecule has 0 aliphatic heterocycles. The van der Waals surface area contributed by atoms with Gasteiger partial charge in [-0.25, -0.2) is 0 Å². The second-order valence-electron chi connectivity index (χ2n) is 4.17. The van der Waals surface area contributed by atoms with Gasteiger partial charge in [0, 0.05) is 22.4 Å². The van der Waals surface area contributed by atoms with Gasteiger partial charge in [-0.3, -0.25) is 14.5 Å². The highest BCUT2D eigenvalue weighted by Gasteiger charge is 2.13. The molecular formula is C12H14Br2N2O3. The Morgan fingerprint density at radius 2 is 2.00 bits per heavy atom.